The minimum absolute atomic E-state index is 0.0548. The van der Waals surface area contributed by atoms with Gasteiger partial charge in [0.05, 0.1) is 5.75 Å². The zero-order valence-electron chi connectivity index (χ0n) is 13.8. The summed E-state index contributed by atoms with van der Waals surface area (Å²) in [6, 6.07) is 7.47. The Balaban J connectivity index is 1.70. The maximum absolute atomic E-state index is 11.6. The van der Waals surface area contributed by atoms with Crippen molar-refractivity contribution < 1.29 is 22.7 Å². The van der Waals surface area contributed by atoms with Crippen LogP contribution in [0.2, 0.25) is 0 Å². The summed E-state index contributed by atoms with van der Waals surface area (Å²) in [4.78, 5) is 23.0. The van der Waals surface area contributed by atoms with Gasteiger partial charge in [0.15, 0.2) is 6.61 Å². The Kier molecular flexibility index (Phi) is 6.36. The number of sulfone groups is 1. The molecule has 1 atom stereocenters. The molecule has 1 aliphatic carbocycles. The highest BCUT2D eigenvalue weighted by Gasteiger charge is 2.23. The Bertz CT molecular complexity index is 681. The van der Waals surface area contributed by atoms with Crippen molar-refractivity contribution >= 4 is 21.5 Å². The van der Waals surface area contributed by atoms with Gasteiger partial charge in [-0.15, -0.1) is 0 Å². The van der Waals surface area contributed by atoms with Crippen molar-refractivity contribution in [1.29, 1.82) is 0 Å². The van der Waals surface area contributed by atoms with Crippen molar-refractivity contribution in [3.05, 3.63) is 29.8 Å². The van der Waals surface area contributed by atoms with Crippen LogP contribution < -0.4 is 10.1 Å². The molecule has 0 bridgehead atoms. The van der Waals surface area contributed by atoms with E-state index in [0.29, 0.717) is 43.3 Å². The number of benzene rings is 1. The lowest BCUT2D eigenvalue weighted by Crippen LogP contribution is -2.30. The minimum atomic E-state index is -3.00. The van der Waals surface area contributed by atoms with E-state index in [9.17, 15) is 18.0 Å². The highest BCUT2D eigenvalue weighted by molar-refractivity contribution is 7.90. The van der Waals surface area contributed by atoms with Crippen molar-refractivity contribution in [2.45, 2.75) is 31.6 Å². The predicted octanol–water partition coefficient (Wildman–Crippen LogP) is 1.45. The summed E-state index contributed by atoms with van der Waals surface area (Å²) in [7, 11) is -3.00. The zero-order chi connectivity index (χ0) is 17.6. The number of rotatable bonds is 8. The van der Waals surface area contributed by atoms with Crippen LogP contribution in [0.15, 0.2) is 24.3 Å². The second-order valence-electron chi connectivity index (χ2n) is 6.17. The fourth-order valence-electron chi connectivity index (χ4n) is 2.70. The number of ether oxygens (including phenoxy) is 1. The molecule has 0 heterocycles. The highest BCUT2D eigenvalue weighted by atomic mass is 32.2. The molecule has 2 rings (SSSR count). The van der Waals surface area contributed by atoms with E-state index >= 15 is 0 Å². The largest absolute Gasteiger partial charge is 0.484 e. The first-order valence-electron chi connectivity index (χ1n) is 8.02. The average molecular weight is 353 g/mol. The zero-order valence-corrected chi connectivity index (χ0v) is 14.6. The fraction of sp³-hybridized carbons (Fsp3) is 0.529. The number of carbonyl (C=O) groups excluding carboxylic acids is 2. The molecule has 7 heteroatoms. The Morgan fingerprint density at radius 1 is 1.29 bits per heavy atom. The van der Waals surface area contributed by atoms with E-state index in [-0.39, 0.29) is 18.3 Å². The van der Waals surface area contributed by atoms with E-state index in [1.54, 1.807) is 12.1 Å². The Hall–Kier alpha value is -1.89. The standard InChI is InChI=1S/C17H23NO5S/c1-24(21,22)10-2-9-18-17(20)12-23-16-7-4-13(5-8-16)14-3-6-15(19)11-14/h4-5,7-8,14H,2-3,6,9-12H2,1H3,(H,18,20)/t14-/m1/s1. The third-order valence-corrected chi connectivity index (χ3v) is 5.01. The van der Waals surface area contributed by atoms with Crippen LogP contribution in [0.5, 0.6) is 5.75 Å². The van der Waals surface area contributed by atoms with Crippen molar-refractivity contribution in [3.63, 3.8) is 0 Å². The van der Waals surface area contributed by atoms with Gasteiger partial charge in [0.25, 0.3) is 5.91 Å². The topological polar surface area (TPSA) is 89.5 Å². The van der Waals surface area contributed by atoms with Crippen LogP contribution in [-0.4, -0.2) is 45.3 Å². The average Bonchev–Trinajstić information content (AvgIpc) is 2.96. The molecule has 0 saturated heterocycles. The molecule has 1 saturated carbocycles. The molecule has 1 aliphatic rings. The molecule has 1 fully saturated rings. The van der Waals surface area contributed by atoms with Gasteiger partial charge in [0.1, 0.15) is 21.4 Å². The lowest BCUT2D eigenvalue weighted by atomic mass is 9.98. The molecule has 1 aromatic carbocycles. The molecule has 1 amide bonds. The van der Waals surface area contributed by atoms with Crippen molar-refractivity contribution in [2.75, 3.05) is 25.2 Å². The molecule has 0 aliphatic heterocycles. The van der Waals surface area contributed by atoms with E-state index in [0.717, 1.165) is 12.0 Å². The Morgan fingerprint density at radius 2 is 2.00 bits per heavy atom. The monoisotopic (exact) mass is 353 g/mol. The number of carbonyl (C=O) groups is 2. The summed E-state index contributed by atoms with van der Waals surface area (Å²) in [5.41, 5.74) is 1.12. The number of Topliss-reactive ketones (excluding diaryl/α,β-unsaturated/α-hetero) is 1. The van der Waals surface area contributed by atoms with Gasteiger partial charge in [-0.3, -0.25) is 9.59 Å². The van der Waals surface area contributed by atoms with Crippen LogP contribution in [0.1, 0.15) is 37.2 Å². The molecule has 0 unspecified atom stereocenters. The molecule has 132 valence electrons. The molecular formula is C17H23NO5S. The second kappa shape index (κ2) is 8.28. The third-order valence-electron chi connectivity index (χ3n) is 3.98. The van der Waals surface area contributed by atoms with Crippen LogP contribution >= 0.6 is 0 Å². The molecule has 1 N–H and O–H groups in total. The van der Waals surface area contributed by atoms with Gasteiger partial charge < -0.3 is 10.1 Å². The van der Waals surface area contributed by atoms with Gasteiger partial charge >= 0.3 is 0 Å². The summed E-state index contributed by atoms with van der Waals surface area (Å²) in [5.74, 6) is 0.972. The molecular weight excluding hydrogens is 330 g/mol. The summed E-state index contributed by atoms with van der Waals surface area (Å²) in [6.07, 6.45) is 3.72. The SMILES string of the molecule is CS(=O)(=O)CCCNC(=O)COc1ccc([C@@H]2CCC(=O)C2)cc1. The van der Waals surface area contributed by atoms with Crippen molar-refractivity contribution in [1.82, 2.24) is 5.32 Å². The lowest BCUT2D eigenvalue weighted by Gasteiger charge is -2.11. The number of amides is 1. The normalized spacial score (nSPS) is 17.7. The van der Waals surface area contributed by atoms with Crippen LogP contribution in [0.4, 0.5) is 0 Å². The molecule has 0 aromatic heterocycles. The molecule has 6 nitrogen and oxygen atoms in total. The minimum Gasteiger partial charge on any atom is -0.484 e. The molecule has 1 aromatic rings. The first kappa shape index (κ1) is 18.4. The van der Waals surface area contributed by atoms with Gasteiger partial charge in [-0.2, -0.15) is 0 Å². The Labute approximate surface area is 142 Å². The van der Waals surface area contributed by atoms with Crippen LogP contribution in [0.3, 0.4) is 0 Å². The second-order valence-corrected chi connectivity index (χ2v) is 8.43. The quantitative estimate of drug-likeness (QED) is 0.715. The van der Waals surface area contributed by atoms with Crippen molar-refractivity contribution in [3.8, 4) is 5.75 Å². The maximum atomic E-state index is 11.6. The maximum Gasteiger partial charge on any atom is 0.257 e. The number of nitrogens with one attached hydrogen (secondary N) is 1. The van der Waals surface area contributed by atoms with Gasteiger partial charge in [0, 0.05) is 25.6 Å². The van der Waals surface area contributed by atoms with Crippen LogP contribution in [-0.2, 0) is 19.4 Å². The smallest absolute Gasteiger partial charge is 0.257 e. The molecule has 0 spiro atoms. The van der Waals surface area contributed by atoms with Crippen molar-refractivity contribution in [2.24, 2.45) is 0 Å². The lowest BCUT2D eigenvalue weighted by molar-refractivity contribution is -0.123. The van der Waals surface area contributed by atoms with E-state index in [4.69, 9.17) is 4.74 Å². The van der Waals surface area contributed by atoms with Gasteiger partial charge in [-0.1, -0.05) is 12.1 Å². The predicted molar refractivity (Wildman–Crippen MR) is 90.9 cm³/mol. The highest BCUT2D eigenvalue weighted by Crippen LogP contribution is 2.32. The molecule has 0 radical (unpaired) electrons. The van der Waals surface area contributed by atoms with Crippen LogP contribution in [0.25, 0.3) is 0 Å². The van der Waals surface area contributed by atoms with E-state index in [2.05, 4.69) is 5.32 Å². The van der Waals surface area contributed by atoms with Gasteiger partial charge in [0.2, 0.25) is 0 Å². The summed E-state index contributed by atoms with van der Waals surface area (Å²) >= 11 is 0. The van der Waals surface area contributed by atoms with E-state index < -0.39 is 9.84 Å². The summed E-state index contributed by atoms with van der Waals surface area (Å²) in [6.45, 7) is 0.198. The summed E-state index contributed by atoms with van der Waals surface area (Å²) < 4.78 is 27.3. The number of hydrogen-bond donors (Lipinski definition) is 1. The Morgan fingerprint density at radius 3 is 2.58 bits per heavy atom. The van der Waals surface area contributed by atoms with E-state index in [1.165, 1.54) is 6.26 Å². The van der Waals surface area contributed by atoms with Crippen LogP contribution in [0, 0.1) is 0 Å². The third kappa shape index (κ3) is 6.31. The molecule has 24 heavy (non-hydrogen) atoms. The van der Waals surface area contributed by atoms with E-state index in [1.807, 2.05) is 12.1 Å². The number of hydrogen-bond acceptors (Lipinski definition) is 5. The van der Waals surface area contributed by atoms with Gasteiger partial charge in [-0.05, 0) is 36.5 Å². The summed E-state index contributed by atoms with van der Waals surface area (Å²) in [5, 5.41) is 2.62. The first-order chi connectivity index (χ1) is 11.3. The number of ketones is 1. The fourth-order valence-corrected chi connectivity index (χ4v) is 3.37. The van der Waals surface area contributed by atoms with Gasteiger partial charge in [-0.25, -0.2) is 8.42 Å². The first-order valence-corrected chi connectivity index (χ1v) is 10.1.